The number of hydrogen-bond acceptors (Lipinski definition) is 7. The first-order valence-corrected chi connectivity index (χ1v) is 8.03. The second-order valence-electron chi connectivity index (χ2n) is 5.34. The first kappa shape index (κ1) is 15.4. The number of hydrogen-bond donors (Lipinski definition) is 0. The van der Waals surface area contributed by atoms with E-state index in [0.717, 1.165) is 11.4 Å². The summed E-state index contributed by atoms with van der Waals surface area (Å²) in [5.74, 6) is 0.501. The molecule has 0 radical (unpaired) electrons. The van der Waals surface area contributed by atoms with Gasteiger partial charge in [0, 0.05) is 41.6 Å². The van der Waals surface area contributed by atoms with E-state index >= 15 is 0 Å². The molecule has 3 heterocycles. The Morgan fingerprint density at radius 2 is 2.04 bits per heavy atom. The van der Waals surface area contributed by atoms with Crippen LogP contribution in [0.25, 0.3) is 22.8 Å². The van der Waals surface area contributed by atoms with Crippen LogP contribution >= 0.6 is 11.3 Å². The maximum atomic E-state index is 10.9. The lowest BCUT2D eigenvalue weighted by Gasteiger charge is -2.02. The molecule has 6 nitrogen and oxygen atoms in total. The van der Waals surface area contributed by atoms with Gasteiger partial charge in [0.1, 0.15) is 5.82 Å². The van der Waals surface area contributed by atoms with Gasteiger partial charge in [-0.05, 0) is 11.4 Å². The molecule has 0 aliphatic rings. The highest BCUT2D eigenvalue weighted by molar-refractivity contribution is 7.08. The van der Waals surface area contributed by atoms with Crippen LogP contribution in [-0.4, -0.2) is 20.9 Å². The van der Waals surface area contributed by atoms with Crippen LogP contribution in [0.2, 0.25) is 0 Å². The number of carboxylic acid groups (broad SMARTS) is 1. The molecule has 0 N–H and O–H groups in total. The van der Waals surface area contributed by atoms with E-state index in [1.807, 2.05) is 30.7 Å². The highest BCUT2D eigenvalue weighted by Crippen LogP contribution is 2.31. The third kappa shape index (κ3) is 3.29. The first-order valence-electron chi connectivity index (χ1n) is 7.09. The Morgan fingerprint density at radius 1 is 1.30 bits per heavy atom. The number of nitrogens with zero attached hydrogens (tertiary/aromatic N) is 3. The molecule has 0 saturated carbocycles. The van der Waals surface area contributed by atoms with Crippen molar-refractivity contribution in [3.63, 3.8) is 0 Å². The van der Waals surface area contributed by atoms with Crippen molar-refractivity contribution in [3.8, 4) is 22.8 Å². The first-order chi connectivity index (χ1) is 11.0. The number of carbonyl (C=O) groups excluding carboxylic acids is 1. The molecule has 118 valence electrons. The van der Waals surface area contributed by atoms with Gasteiger partial charge in [0.15, 0.2) is 5.76 Å². The van der Waals surface area contributed by atoms with Crippen LogP contribution in [0.3, 0.4) is 0 Å². The molecule has 3 aromatic rings. The summed E-state index contributed by atoms with van der Waals surface area (Å²) in [7, 11) is 0. The number of aromatic nitrogens is 3. The summed E-state index contributed by atoms with van der Waals surface area (Å²) < 4.78 is 5.77. The Bertz CT molecular complexity index is 808. The van der Waals surface area contributed by atoms with E-state index in [2.05, 4.69) is 15.0 Å². The van der Waals surface area contributed by atoms with Crippen molar-refractivity contribution < 1.29 is 14.3 Å². The monoisotopic (exact) mass is 328 g/mol. The molecule has 3 aromatic heterocycles. The second-order valence-corrected chi connectivity index (χ2v) is 6.12. The van der Waals surface area contributed by atoms with Gasteiger partial charge in [-0.25, -0.2) is 15.0 Å². The highest BCUT2D eigenvalue weighted by atomic mass is 32.1. The minimum atomic E-state index is -1.20. The molecule has 3 rings (SSSR count). The lowest BCUT2D eigenvalue weighted by atomic mass is 10.2. The van der Waals surface area contributed by atoms with E-state index in [-0.39, 0.29) is 12.3 Å². The molecule has 0 atom stereocenters. The van der Waals surface area contributed by atoms with Gasteiger partial charge < -0.3 is 14.3 Å². The molecule has 0 bridgehead atoms. The normalized spacial score (nSPS) is 11.1. The maximum Gasteiger partial charge on any atom is 0.230 e. The minimum Gasteiger partial charge on any atom is -0.550 e. The second kappa shape index (κ2) is 6.29. The van der Waals surface area contributed by atoms with Gasteiger partial charge >= 0.3 is 0 Å². The predicted octanol–water partition coefficient (Wildman–Crippen LogP) is 2.28. The quantitative estimate of drug-likeness (QED) is 0.713. The third-order valence-corrected chi connectivity index (χ3v) is 3.91. The van der Waals surface area contributed by atoms with Gasteiger partial charge in [-0.3, -0.25) is 0 Å². The van der Waals surface area contributed by atoms with Crippen LogP contribution in [0, 0.1) is 0 Å². The Kier molecular flexibility index (Phi) is 4.20. The molecule has 0 fully saturated rings. The zero-order valence-corrected chi connectivity index (χ0v) is 13.5. The average Bonchev–Trinajstić information content (AvgIpc) is 3.16. The number of aliphatic carboxylic acids is 1. The number of thiophene rings is 1. The van der Waals surface area contributed by atoms with E-state index in [1.165, 1.54) is 11.3 Å². The van der Waals surface area contributed by atoms with Crippen LogP contribution in [0.1, 0.15) is 31.3 Å². The van der Waals surface area contributed by atoms with Crippen molar-refractivity contribution in [1.29, 1.82) is 0 Å². The van der Waals surface area contributed by atoms with Crippen molar-refractivity contribution in [2.75, 3.05) is 0 Å². The lowest BCUT2D eigenvalue weighted by Crippen LogP contribution is -2.24. The van der Waals surface area contributed by atoms with Crippen LogP contribution in [-0.2, 0) is 11.2 Å². The minimum absolute atomic E-state index is 0.226. The summed E-state index contributed by atoms with van der Waals surface area (Å²) in [6.45, 7) is 4.01. The van der Waals surface area contributed by atoms with Crippen LogP contribution in [0.15, 0.2) is 33.6 Å². The Balaban J connectivity index is 2.01. The molecule has 0 aromatic carbocycles. The summed E-state index contributed by atoms with van der Waals surface area (Å²) in [5.41, 5.74) is 1.74. The molecular formula is C16H14N3O3S-. The fraction of sp³-hybridized carbons (Fsp3) is 0.250. The van der Waals surface area contributed by atoms with Crippen molar-refractivity contribution in [2.45, 2.75) is 26.2 Å². The average molecular weight is 328 g/mol. The van der Waals surface area contributed by atoms with E-state index in [1.54, 1.807) is 12.4 Å². The van der Waals surface area contributed by atoms with E-state index in [0.29, 0.717) is 22.9 Å². The van der Waals surface area contributed by atoms with Gasteiger partial charge in [0.25, 0.3) is 0 Å². The predicted molar refractivity (Wildman–Crippen MR) is 83.6 cm³/mol. The van der Waals surface area contributed by atoms with E-state index in [9.17, 15) is 9.90 Å². The zero-order valence-electron chi connectivity index (χ0n) is 12.6. The Labute approximate surface area is 136 Å². The Hall–Kier alpha value is -2.54. The van der Waals surface area contributed by atoms with Crippen molar-refractivity contribution in [3.05, 3.63) is 40.7 Å². The van der Waals surface area contributed by atoms with Crippen LogP contribution < -0.4 is 5.11 Å². The summed E-state index contributed by atoms with van der Waals surface area (Å²) in [4.78, 5) is 23.8. The molecule has 0 amide bonds. The molecule has 0 unspecified atom stereocenters. The van der Waals surface area contributed by atoms with Gasteiger partial charge in [-0.15, -0.1) is 0 Å². The number of rotatable bonds is 5. The van der Waals surface area contributed by atoms with Gasteiger partial charge in [0.05, 0.1) is 11.3 Å². The number of oxazole rings is 1. The molecule has 0 saturated heterocycles. The SMILES string of the molecule is CC(C)c1ncc(-c2nc(CC(=O)[O-])c(-c3ccsc3)o2)cn1. The molecular weight excluding hydrogens is 314 g/mol. The van der Waals surface area contributed by atoms with Gasteiger partial charge in [-0.2, -0.15) is 11.3 Å². The topological polar surface area (TPSA) is 91.9 Å². The molecule has 0 aliphatic carbocycles. The summed E-state index contributed by atoms with van der Waals surface area (Å²) in [6, 6.07) is 1.85. The fourth-order valence-electron chi connectivity index (χ4n) is 2.10. The smallest absolute Gasteiger partial charge is 0.230 e. The number of carboxylic acids is 1. The van der Waals surface area contributed by atoms with Crippen molar-refractivity contribution in [2.24, 2.45) is 0 Å². The van der Waals surface area contributed by atoms with E-state index in [4.69, 9.17) is 4.42 Å². The fourth-order valence-corrected chi connectivity index (χ4v) is 2.73. The molecule has 0 aliphatic heterocycles. The molecule has 7 heteroatoms. The highest BCUT2D eigenvalue weighted by Gasteiger charge is 2.17. The summed E-state index contributed by atoms with van der Waals surface area (Å²) in [5, 5.41) is 14.7. The summed E-state index contributed by atoms with van der Waals surface area (Å²) >= 11 is 1.50. The maximum absolute atomic E-state index is 10.9. The largest absolute Gasteiger partial charge is 0.550 e. The lowest BCUT2D eigenvalue weighted by molar-refractivity contribution is -0.304. The van der Waals surface area contributed by atoms with Gasteiger partial charge in [0.2, 0.25) is 5.89 Å². The van der Waals surface area contributed by atoms with Crippen molar-refractivity contribution >= 4 is 17.3 Å². The number of carbonyl (C=O) groups is 1. The zero-order chi connectivity index (χ0) is 16.4. The van der Waals surface area contributed by atoms with Crippen LogP contribution in [0.5, 0.6) is 0 Å². The Morgan fingerprint density at radius 3 is 2.61 bits per heavy atom. The van der Waals surface area contributed by atoms with Gasteiger partial charge in [-0.1, -0.05) is 13.8 Å². The standard InChI is InChI=1S/C16H15N3O3S/c1-9(2)15-17-6-11(7-18-15)16-19-12(5-13(20)21)14(22-16)10-3-4-23-8-10/h3-4,6-9H,5H2,1-2H3,(H,20,21)/p-1. The van der Waals surface area contributed by atoms with E-state index < -0.39 is 5.97 Å². The summed E-state index contributed by atoms with van der Waals surface area (Å²) in [6.07, 6.45) is 2.96. The van der Waals surface area contributed by atoms with Crippen molar-refractivity contribution in [1.82, 2.24) is 15.0 Å². The van der Waals surface area contributed by atoms with Crippen LogP contribution in [0.4, 0.5) is 0 Å². The molecule has 0 spiro atoms. The third-order valence-electron chi connectivity index (χ3n) is 3.23. The molecule has 23 heavy (non-hydrogen) atoms.